The average molecular weight is 1460 g/mol. The maximum absolute atomic E-state index is 12.0. The first-order valence-electron chi connectivity index (χ1n) is 35.0. The van der Waals surface area contributed by atoms with E-state index in [9.17, 15) is 48.1 Å². The van der Waals surface area contributed by atoms with Gasteiger partial charge in [-0.25, -0.2) is 0 Å². The molecule has 5 fully saturated rings. The molecule has 4 saturated carbocycles. The highest BCUT2D eigenvalue weighted by molar-refractivity contribution is 7.90. The molecule has 0 radical (unpaired) electrons. The van der Waals surface area contributed by atoms with Crippen LogP contribution in [0.3, 0.4) is 0 Å². The highest BCUT2D eigenvalue weighted by atomic mass is 32.2. The fourth-order valence-electron chi connectivity index (χ4n) is 14.9. The third kappa shape index (κ3) is 24.3. The van der Waals surface area contributed by atoms with Crippen molar-refractivity contribution >= 4 is 65.9 Å². The van der Waals surface area contributed by atoms with Crippen LogP contribution < -0.4 is 0 Å². The number of aliphatic hydroxyl groups is 3. The van der Waals surface area contributed by atoms with E-state index in [2.05, 4.69) is 98.2 Å². The molecule has 1 heterocycles. The summed E-state index contributed by atoms with van der Waals surface area (Å²) in [6.45, 7) is 20.2. The standard InChI is InChI=1S/C13H22O3SSi.2C11H16O3S.C10H14O3S.3C10H14O2/c1-5-17(14,15)16-13(18(2,3)4)11-12-9-7-6-8-10-12;1-8-7-11-4-2-9(3-5-11)6-10(11)15(12,13)14-8;1-3-15(12,13)14-10(2)9-11-7-5-4-6-8-11;1-2-14(11,12)13-9-8-10-6-4-3-5-7-10;3*11-6-5-10-3-1-8(2-4-10)7-9(10)12/h5-7,9,13H,1,8,10-11H2,2-4H3;2,4,8-10H,3,5-7H2,1H3;3-5,7,10H,1,6,8-9H2,2H3;2-4,6H,1,5,7-9H2;3*1,3,8,11H,2,4-7H2/t13-;8-,9?,10?,11?;10-;;;;/m000..../s1. The third-order valence-electron chi connectivity index (χ3n) is 20.9. The van der Waals surface area contributed by atoms with E-state index >= 15 is 0 Å². The first-order valence-corrected chi connectivity index (χ1v) is 44.5. The maximum atomic E-state index is 12.0. The Balaban J connectivity index is 0.000000181. The Morgan fingerprint density at radius 3 is 1.36 bits per heavy atom. The Bertz CT molecular complexity index is 3470. The molecule has 0 amide bonds. The predicted molar refractivity (Wildman–Crippen MR) is 389 cm³/mol. The van der Waals surface area contributed by atoms with Gasteiger partial charge in [0.2, 0.25) is 0 Å². The highest BCUT2D eigenvalue weighted by Gasteiger charge is 2.55. The second-order valence-corrected chi connectivity index (χ2v) is 40.9. The smallest absolute Gasteiger partial charge is 0.289 e. The zero-order valence-electron chi connectivity index (χ0n) is 58.4. The van der Waals surface area contributed by atoms with E-state index in [0.29, 0.717) is 98.8 Å². The Morgan fingerprint density at radius 2 is 1.00 bits per heavy atom. The Hall–Kier alpha value is -4.63. The number of carbonyl (C=O) groups excluding carboxylic acids is 3. The lowest BCUT2D eigenvalue weighted by molar-refractivity contribution is -0.132. The fourth-order valence-corrected chi connectivity index (χ4v) is 20.9. The van der Waals surface area contributed by atoms with E-state index in [0.717, 1.165) is 119 Å². The van der Waals surface area contributed by atoms with Crippen LogP contribution in [0.15, 0.2) is 156 Å². The number of rotatable bonds is 22. The summed E-state index contributed by atoms with van der Waals surface area (Å²) in [5, 5.41) is 28.9. The summed E-state index contributed by atoms with van der Waals surface area (Å²) in [5.41, 5.74) is 2.57. The van der Waals surface area contributed by atoms with Crippen LogP contribution in [0.5, 0.6) is 0 Å². The maximum Gasteiger partial charge on any atom is 0.289 e. The molecule has 23 heteroatoms. The minimum absolute atomic E-state index is 0.106. The van der Waals surface area contributed by atoms with Crippen LogP contribution in [-0.2, 0) is 71.6 Å². The van der Waals surface area contributed by atoms with E-state index in [1.54, 1.807) is 6.92 Å². The van der Waals surface area contributed by atoms with Gasteiger partial charge >= 0.3 is 0 Å². The monoisotopic (exact) mass is 1450 g/mol. The SMILES string of the molecule is C=CS(=O)(=O)OCCC1=CC=CCC1.C=CS(=O)(=O)O[C@@H](C)CC1=CC=CCC1.C=CS(=O)(=O)O[C@H](CC1=CC=CCC1)[Si](C)(C)C.C[C@H]1CC23C=CC(CC2)CC3S(=O)(=O)O1.O=C1CC2C=CC1(CCO)CC2.O=C1CC2C=CC1(CCO)CC2.O=C1CC2C=CC1(CCO)CC2. The van der Waals surface area contributed by atoms with Crippen molar-refractivity contribution in [3.63, 3.8) is 0 Å². The number of Topliss-reactive ketones (excluding diaryl/α,β-unsaturated/α-hetero) is 3. The summed E-state index contributed by atoms with van der Waals surface area (Å²) >= 11 is 0. The summed E-state index contributed by atoms with van der Waals surface area (Å²) in [6.07, 6.45) is 56.9. The lowest BCUT2D eigenvalue weighted by Gasteiger charge is -2.51. The highest BCUT2D eigenvalue weighted by Crippen LogP contribution is 2.54. The van der Waals surface area contributed by atoms with Crippen molar-refractivity contribution in [2.75, 3.05) is 26.4 Å². The zero-order valence-corrected chi connectivity index (χ0v) is 62.7. The van der Waals surface area contributed by atoms with E-state index in [4.69, 9.17) is 27.9 Å². The molecular formula is C75H110O18S4Si. The first-order chi connectivity index (χ1) is 46.2. The Labute approximate surface area is 587 Å². The number of hydrogen-bond acceptors (Lipinski definition) is 18. The number of aliphatic hydroxyl groups excluding tert-OH is 3. The van der Waals surface area contributed by atoms with Gasteiger partial charge in [-0.3, -0.25) is 31.1 Å². The van der Waals surface area contributed by atoms with Gasteiger partial charge in [-0.2, -0.15) is 33.7 Å². The van der Waals surface area contributed by atoms with E-state index < -0.39 is 48.5 Å². The van der Waals surface area contributed by atoms with Crippen LogP contribution >= 0.6 is 0 Å². The molecule has 18 nitrogen and oxygen atoms in total. The summed E-state index contributed by atoms with van der Waals surface area (Å²) in [5.74, 6) is 2.98. The third-order valence-corrected chi connectivity index (χ3v) is 28.1. The summed E-state index contributed by atoms with van der Waals surface area (Å²) < 4.78 is 111. The van der Waals surface area contributed by atoms with Crippen LogP contribution in [0, 0.1) is 45.3 Å². The molecule has 1 saturated heterocycles. The van der Waals surface area contributed by atoms with Gasteiger partial charge in [0.1, 0.15) is 17.3 Å². The lowest BCUT2D eigenvalue weighted by atomic mass is 9.63. The molecule has 0 aromatic rings. The molecule has 1 spiro atoms. The fraction of sp³-hybridized carbons (Fsp3) is 0.613. The second-order valence-electron chi connectivity index (χ2n) is 29.2. The second kappa shape index (κ2) is 37.0. The van der Waals surface area contributed by atoms with Crippen molar-refractivity contribution in [3.8, 4) is 0 Å². The Morgan fingerprint density at radius 1 is 0.592 bits per heavy atom. The van der Waals surface area contributed by atoms with Crippen LogP contribution in [0.4, 0.5) is 0 Å². The largest absolute Gasteiger partial charge is 0.396 e. The quantitative estimate of drug-likeness (QED) is 0.0516. The minimum atomic E-state index is -3.60. The van der Waals surface area contributed by atoms with Crippen LogP contribution in [0.2, 0.25) is 19.6 Å². The molecule has 12 atom stereocenters. The van der Waals surface area contributed by atoms with Crippen molar-refractivity contribution < 1.29 is 80.1 Å². The molecule has 16 rings (SSSR count). The summed E-state index contributed by atoms with van der Waals surface area (Å²) in [4.78, 5) is 34.8. The molecule has 8 bridgehead atoms. The van der Waals surface area contributed by atoms with E-state index in [1.165, 1.54) is 16.7 Å². The van der Waals surface area contributed by atoms with Crippen molar-refractivity contribution in [1.29, 1.82) is 0 Å². The van der Waals surface area contributed by atoms with Crippen LogP contribution in [0.1, 0.15) is 174 Å². The molecule has 15 aliphatic carbocycles. The molecule has 1 aliphatic heterocycles. The van der Waals surface area contributed by atoms with Gasteiger partial charge in [0.25, 0.3) is 40.5 Å². The molecule has 546 valence electrons. The van der Waals surface area contributed by atoms with E-state index in [-0.39, 0.29) is 71.3 Å². The molecule has 9 unspecified atom stereocenters. The number of carbonyl (C=O) groups is 3. The normalized spacial score (nSPS) is 30.7. The molecule has 3 N–H and O–H groups in total. The number of ketones is 3. The number of hydrogen-bond donors (Lipinski definition) is 3. The number of allylic oxidation sites excluding steroid dienone is 17. The van der Waals surface area contributed by atoms with Crippen molar-refractivity contribution in [2.45, 2.75) is 217 Å². The van der Waals surface area contributed by atoms with Crippen molar-refractivity contribution in [2.24, 2.45) is 45.3 Å². The molecule has 0 aromatic heterocycles. The van der Waals surface area contributed by atoms with Gasteiger partial charge < -0.3 is 15.3 Å². The molecule has 0 aromatic carbocycles. The predicted octanol–water partition coefficient (Wildman–Crippen LogP) is 13.8. The van der Waals surface area contributed by atoms with E-state index in [1.807, 2.05) is 55.5 Å². The minimum Gasteiger partial charge on any atom is -0.396 e. The summed E-state index contributed by atoms with van der Waals surface area (Å²) in [6, 6.07) is 0. The van der Waals surface area contributed by atoms with Gasteiger partial charge in [0, 0.05) is 60.7 Å². The van der Waals surface area contributed by atoms with Crippen molar-refractivity contribution in [1.82, 2.24) is 0 Å². The van der Waals surface area contributed by atoms with Crippen LogP contribution in [-0.4, -0.2) is 124 Å². The number of fused-ring (bicyclic) bond motifs is 7. The van der Waals surface area contributed by atoms with Crippen LogP contribution in [0.25, 0.3) is 0 Å². The van der Waals surface area contributed by atoms with Gasteiger partial charge in [-0.1, -0.05) is 159 Å². The van der Waals surface area contributed by atoms with Gasteiger partial charge in [0.15, 0.2) is 0 Å². The van der Waals surface area contributed by atoms with Gasteiger partial charge in [0.05, 0.1) is 54.1 Å². The topological polar surface area (TPSA) is 285 Å². The summed E-state index contributed by atoms with van der Waals surface area (Å²) in [7, 11) is -15.7. The molecular weight excluding hydrogens is 1350 g/mol. The Kier molecular flexibility index (Phi) is 31.1. The lowest BCUT2D eigenvalue weighted by Crippen LogP contribution is -2.53. The van der Waals surface area contributed by atoms with Gasteiger partial charge in [-0.15, -0.1) is 0 Å². The average Bonchev–Trinajstić information content (AvgIpc) is 0.732. The van der Waals surface area contributed by atoms with Crippen molar-refractivity contribution in [3.05, 3.63) is 156 Å². The molecule has 16 aliphatic rings. The molecule has 98 heavy (non-hydrogen) atoms. The van der Waals surface area contributed by atoms with Gasteiger partial charge in [-0.05, 0) is 179 Å². The zero-order chi connectivity index (χ0) is 72.1. The first kappa shape index (κ1) is 82.3.